The van der Waals surface area contributed by atoms with Crippen LogP contribution < -0.4 is 0 Å². The third-order valence-electron chi connectivity index (χ3n) is 4.70. The van der Waals surface area contributed by atoms with Crippen LogP contribution in [0, 0.1) is 0 Å². The SMILES string of the molecule is COCCn1c(C2CCN(S(=O)(=O)c3cccs3)C2)nc2ccncc21. The number of ether oxygens (including phenoxy) is 1. The zero-order valence-electron chi connectivity index (χ0n) is 14.4. The van der Waals surface area contributed by atoms with Crippen LogP contribution in [0.15, 0.2) is 40.2 Å². The second kappa shape index (κ2) is 7.07. The van der Waals surface area contributed by atoms with Crippen molar-refractivity contribution in [2.24, 2.45) is 0 Å². The van der Waals surface area contributed by atoms with Crippen LogP contribution in [-0.2, 0) is 21.3 Å². The van der Waals surface area contributed by atoms with Gasteiger partial charge in [0, 0.05) is 38.9 Å². The zero-order valence-corrected chi connectivity index (χ0v) is 16.0. The fourth-order valence-electron chi connectivity index (χ4n) is 3.41. The number of fused-ring (bicyclic) bond motifs is 1. The summed E-state index contributed by atoms with van der Waals surface area (Å²) < 4.78 is 34.9. The van der Waals surface area contributed by atoms with Crippen LogP contribution in [0.3, 0.4) is 0 Å². The molecule has 1 fully saturated rings. The number of methoxy groups -OCH3 is 1. The summed E-state index contributed by atoms with van der Waals surface area (Å²) in [5, 5.41) is 1.79. The van der Waals surface area contributed by atoms with Gasteiger partial charge in [-0.15, -0.1) is 11.3 Å². The lowest BCUT2D eigenvalue weighted by Crippen LogP contribution is -2.28. The molecule has 0 spiro atoms. The summed E-state index contributed by atoms with van der Waals surface area (Å²) in [6.45, 7) is 2.19. The molecule has 138 valence electrons. The molecule has 9 heteroatoms. The van der Waals surface area contributed by atoms with Crippen LogP contribution in [0.2, 0.25) is 0 Å². The molecular formula is C17H20N4O3S2. The fraction of sp³-hybridized carbons (Fsp3) is 0.412. The highest BCUT2D eigenvalue weighted by atomic mass is 32.2. The predicted molar refractivity (Wildman–Crippen MR) is 99.8 cm³/mol. The largest absolute Gasteiger partial charge is 0.383 e. The van der Waals surface area contributed by atoms with E-state index in [0.717, 1.165) is 23.3 Å². The molecule has 0 aliphatic carbocycles. The van der Waals surface area contributed by atoms with Crippen molar-refractivity contribution in [3.05, 3.63) is 41.8 Å². The first-order chi connectivity index (χ1) is 12.6. The van der Waals surface area contributed by atoms with Crippen molar-refractivity contribution in [2.45, 2.75) is 23.1 Å². The molecule has 0 amide bonds. The predicted octanol–water partition coefficient (Wildman–Crippen LogP) is 2.32. The van der Waals surface area contributed by atoms with Crippen molar-refractivity contribution >= 4 is 32.4 Å². The van der Waals surface area contributed by atoms with Crippen molar-refractivity contribution in [2.75, 3.05) is 26.8 Å². The highest BCUT2D eigenvalue weighted by Gasteiger charge is 2.36. The molecule has 0 bridgehead atoms. The van der Waals surface area contributed by atoms with Crippen molar-refractivity contribution in [3.8, 4) is 0 Å². The van der Waals surface area contributed by atoms with Gasteiger partial charge >= 0.3 is 0 Å². The Kier molecular flexibility index (Phi) is 4.78. The normalized spacial score (nSPS) is 18.7. The smallest absolute Gasteiger partial charge is 0.252 e. The van der Waals surface area contributed by atoms with E-state index in [1.807, 2.05) is 6.07 Å². The van der Waals surface area contributed by atoms with E-state index in [-0.39, 0.29) is 5.92 Å². The number of nitrogens with zero attached hydrogens (tertiary/aromatic N) is 4. The number of hydrogen-bond donors (Lipinski definition) is 0. The molecule has 3 aromatic rings. The van der Waals surface area contributed by atoms with Crippen LogP contribution >= 0.6 is 11.3 Å². The summed E-state index contributed by atoms with van der Waals surface area (Å²) in [7, 11) is -1.75. The molecule has 0 radical (unpaired) electrons. The maximum atomic E-state index is 12.8. The van der Waals surface area contributed by atoms with E-state index < -0.39 is 10.0 Å². The first-order valence-electron chi connectivity index (χ1n) is 8.44. The maximum absolute atomic E-state index is 12.8. The Morgan fingerprint density at radius 1 is 1.38 bits per heavy atom. The second-order valence-electron chi connectivity index (χ2n) is 6.26. The van der Waals surface area contributed by atoms with E-state index in [4.69, 9.17) is 9.72 Å². The van der Waals surface area contributed by atoms with Crippen molar-refractivity contribution < 1.29 is 13.2 Å². The standard InChI is InChI=1S/C17H20N4O3S2/c1-24-9-8-21-15-11-18-6-4-14(15)19-17(21)13-5-7-20(12-13)26(22,23)16-3-2-10-25-16/h2-4,6,10-11,13H,5,7-9,12H2,1H3. The van der Waals surface area contributed by atoms with E-state index in [1.165, 1.54) is 11.3 Å². The van der Waals surface area contributed by atoms with Gasteiger partial charge < -0.3 is 9.30 Å². The Balaban J connectivity index is 1.65. The summed E-state index contributed by atoms with van der Waals surface area (Å²) >= 11 is 1.26. The molecule has 4 heterocycles. The Morgan fingerprint density at radius 2 is 2.27 bits per heavy atom. The highest BCUT2D eigenvalue weighted by molar-refractivity contribution is 7.91. The van der Waals surface area contributed by atoms with Gasteiger partial charge in [0.15, 0.2) is 0 Å². The number of aromatic nitrogens is 3. The molecule has 0 aromatic carbocycles. The number of pyridine rings is 1. The highest BCUT2D eigenvalue weighted by Crippen LogP contribution is 2.33. The zero-order chi connectivity index (χ0) is 18.1. The lowest BCUT2D eigenvalue weighted by atomic mass is 10.1. The molecule has 1 atom stereocenters. The van der Waals surface area contributed by atoms with Gasteiger partial charge in [-0.3, -0.25) is 4.98 Å². The van der Waals surface area contributed by atoms with Gasteiger partial charge in [-0.25, -0.2) is 13.4 Å². The fourth-order valence-corrected chi connectivity index (χ4v) is 6.06. The van der Waals surface area contributed by atoms with Crippen LogP contribution in [0.4, 0.5) is 0 Å². The monoisotopic (exact) mass is 392 g/mol. The molecule has 0 saturated carbocycles. The van der Waals surface area contributed by atoms with Crippen LogP contribution in [0.5, 0.6) is 0 Å². The van der Waals surface area contributed by atoms with Crippen molar-refractivity contribution in [1.29, 1.82) is 0 Å². The number of rotatable bonds is 6. The second-order valence-corrected chi connectivity index (χ2v) is 9.37. The molecule has 1 aliphatic heterocycles. The molecule has 4 rings (SSSR count). The summed E-state index contributed by atoms with van der Waals surface area (Å²) in [4.78, 5) is 8.98. The summed E-state index contributed by atoms with van der Waals surface area (Å²) in [5.74, 6) is 0.975. The van der Waals surface area contributed by atoms with E-state index in [2.05, 4.69) is 9.55 Å². The van der Waals surface area contributed by atoms with Gasteiger partial charge in [0.25, 0.3) is 10.0 Å². The number of hydrogen-bond acceptors (Lipinski definition) is 6. The average Bonchev–Trinajstić information content (AvgIpc) is 3.39. The van der Waals surface area contributed by atoms with Gasteiger partial charge in [-0.1, -0.05) is 6.07 Å². The average molecular weight is 393 g/mol. The molecule has 3 aromatic heterocycles. The molecule has 1 aliphatic rings. The van der Waals surface area contributed by atoms with Crippen molar-refractivity contribution in [1.82, 2.24) is 18.8 Å². The van der Waals surface area contributed by atoms with Gasteiger partial charge in [-0.2, -0.15) is 4.31 Å². The molecule has 1 unspecified atom stereocenters. The molecular weight excluding hydrogens is 372 g/mol. The summed E-state index contributed by atoms with van der Waals surface area (Å²) in [6.07, 6.45) is 4.28. The topological polar surface area (TPSA) is 77.3 Å². The maximum Gasteiger partial charge on any atom is 0.252 e. The first kappa shape index (κ1) is 17.6. The lowest BCUT2D eigenvalue weighted by Gasteiger charge is -2.16. The van der Waals surface area contributed by atoms with Crippen LogP contribution in [0.25, 0.3) is 11.0 Å². The molecule has 1 saturated heterocycles. The summed E-state index contributed by atoms with van der Waals surface area (Å²) in [5.41, 5.74) is 1.84. The van der Waals surface area contributed by atoms with E-state index >= 15 is 0 Å². The van der Waals surface area contributed by atoms with Crippen molar-refractivity contribution in [3.63, 3.8) is 0 Å². The first-order valence-corrected chi connectivity index (χ1v) is 10.8. The van der Waals surface area contributed by atoms with Gasteiger partial charge in [0.05, 0.1) is 23.8 Å². The number of imidazole rings is 1. The third-order valence-corrected chi connectivity index (χ3v) is 7.94. The number of thiophene rings is 1. The molecule has 26 heavy (non-hydrogen) atoms. The molecule has 7 nitrogen and oxygen atoms in total. The Labute approximate surface area is 156 Å². The third kappa shape index (κ3) is 3.05. The number of sulfonamides is 1. The molecule has 0 N–H and O–H groups in total. The van der Waals surface area contributed by atoms with E-state index in [1.54, 1.807) is 41.3 Å². The Hall–Kier alpha value is -1.81. The summed E-state index contributed by atoms with van der Waals surface area (Å²) in [6, 6.07) is 5.31. The Bertz CT molecular complexity index is 998. The lowest BCUT2D eigenvalue weighted by molar-refractivity contribution is 0.187. The minimum absolute atomic E-state index is 0.0639. The van der Waals surface area contributed by atoms with Crippen LogP contribution in [0.1, 0.15) is 18.2 Å². The minimum Gasteiger partial charge on any atom is -0.383 e. The van der Waals surface area contributed by atoms with Crippen LogP contribution in [-0.4, -0.2) is 54.1 Å². The van der Waals surface area contributed by atoms with Gasteiger partial charge in [0.1, 0.15) is 10.0 Å². The van der Waals surface area contributed by atoms with E-state index in [0.29, 0.717) is 30.5 Å². The minimum atomic E-state index is -3.42. The van der Waals surface area contributed by atoms with Gasteiger partial charge in [-0.05, 0) is 23.9 Å². The Morgan fingerprint density at radius 3 is 3.04 bits per heavy atom. The quantitative estimate of drug-likeness (QED) is 0.643. The van der Waals surface area contributed by atoms with E-state index in [9.17, 15) is 8.42 Å². The van der Waals surface area contributed by atoms with Gasteiger partial charge in [0.2, 0.25) is 0 Å².